The second-order valence-corrected chi connectivity index (χ2v) is 8.68. The minimum absolute atomic E-state index is 0.164. The highest BCUT2D eigenvalue weighted by Crippen LogP contribution is 2.28. The normalized spacial score (nSPS) is 12.1. The number of hydrogen-bond donors (Lipinski definition) is 1. The Kier molecular flexibility index (Phi) is 7.64. The molecule has 33 heavy (non-hydrogen) atoms. The van der Waals surface area contributed by atoms with E-state index in [1.807, 2.05) is 31.2 Å². The maximum atomic E-state index is 12.4. The number of aromatic nitrogens is 1. The zero-order valence-electron chi connectivity index (χ0n) is 19.2. The van der Waals surface area contributed by atoms with Crippen molar-refractivity contribution < 1.29 is 9.90 Å². The molecular formula is C30H31NO2. The Hall–Kier alpha value is -3.30. The Morgan fingerprint density at radius 2 is 1.61 bits per heavy atom. The van der Waals surface area contributed by atoms with Crippen LogP contribution in [-0.4, -0.2) is 22.0 Å². The number of Topliss-reactive ketones (excluding diaryl/α,β-unsaturated/α-hetero) is 1. The molecule has 0 aliphatic heterocycles. The molecular weight excluding hydrogens is 406 g/mol. The average molecular weight is 438 g/mol. The van der Waals surface area contributed by atoms with Crippen molar-refractivity contribution >= 4 is 16.7 Å². The van der Waals surface area contributed by atoms with Crippen LogP contribution in [-0.2, 0) is 24.1 Å². The first-order valence-corrected chi connectivity index (χ1v) is 11.8. The first-order chi connectivity index (χ1) is 16.1. The standard InChI is InChI=1S/C30H31NO2/c1-2-26(32)15-16-27(33)20-23-14-17-29-25(19-23)21-28(24-11-7-4-8-12-24)30(31-29)18-13-22-9-5-3-6-10-22/h3-12,14,17,19,21,26,32H,2,13,15-16,18,20H2,1H3. The van der Waals surface area contributed by atoms with Gasteiger partial charge in [0.05, 0.1) is 11.6 Å². The summed E-state index contributed by atoms with van der Waals surface area (Å²) in [7, 11) is 0. The highest BCUT2D eigenvalue weighted by atomic mass is 16.3. The molecule has 1 heterocycles. The monoisotopic (exact) mass is 437 g/mol. The van der Waals surface area contributed by atoms with Crippen LogP contribution >= 0.6 is 0 Å². The molecule has 0 saturated carbocycles. The van der Waals surface area contributed by atoms with Crippen molar-refractivity contribution in [1.82, 2.24) is 4.98 Å². The molecule has 168 valence electrons. The van der Waals surface area contributed by atoms with Gasteiger partial charge in [-0.3, -0.25) is 9.78 Å². The summed E-state index contributed by atoms with van der Waals surface area (Å²) in [5.74, 6) is 0.164. The maximum absolute atomic E-state index is 12.4. The topological polar surface area (TPSA) is 50.2 Å². The van der Waals surface area contributed by atoms with Crippen molar-refractivity contribution in [1.29, 1.82) is 0 Å². The van der Waals surface area contributed by atoms with Gasteiger partial charge in [-0.1, -0.05) is 73.7 Å². The number of aliphatic hydroxyl groups excluding tert-OH is 1. The van der Waals surface area contributed by atoms with Gasteiger partial charge in [0.25, 0.3) is 0 Å². The lowest BCUT2D eigenvalue weighted by molar-refractivity contribution is -0.119. The molecule has 4 aromatic rings. The molecule has 0 aliphatic rings. The molecule has 3 aromatic carbocycles. The van der Waals surface area contributed by atoms with Crippen LogP contribution in [0.2, 0.25) is 0 Å². The zero-order chi connectivity index (χ0) is 23.0. The first kappa shape index (κ1) is 22.9. The van der Waals surface area contributed by atoms with Crippen LogP contribution in [0.15, 0.2) is 84.9 Å². The van der Waals surface area contributed by atoms with Crippen molar-refractivity contribution in [2.45, 2.75) is 51.6 Å². The van der Waals surface area contributed by atoms with Crippen molar-refractivity contribution in [3.8, 4) is 11.1 Å². The summed E-state index contributed by atoms with van der Waals surface area (Å²) in [4.78, 5) is 17.4. The van der Waals surface area contributed by atoms with Gasteiger partial charge in [-0.2, -0.15) is 0 Å². The molecule has 0 saturated heterocycles. The highest BCUT2D eigenvalue weighted by Gasteiger charge is 2.12. The van der Waals surface area contributed by atoms with E-state index in [0.29, 0.717) is 25.7 Å². The fraction of sp³-hybridized carbons (Fsp3) is 0.267. The van der Waals surface area contributed by atoms with Gasteiger partial charge >= 0.3 is 0 Å². The molecule has 0 fully saturated rings. The number of benzene rings is 3. The Morgan fingerprint density at radius 1 is 0.879 bits per heavy atom. The molecule has 1 aromatic heterocycles. The van der Waals surface area contributed by atoms with Gasteiger partial charge in [0.15, 0.2) is 0 Å². The van der Waals surface area contributed by atoms with Gasteiger partial charge in [-0.25, -0.2) is 0 Å². The smallest absolute Gasteiger partial charge is 0.137 e. The number of hydrogen-bond acceptors (Lipinski definition) is 3. The molecule has 3 heteroatoms. The summed E-state index contributed by atoms with van der Waals surface area (Å²) in [6.07, 6.45) is 3.44. The van der Waals surface area contributed by atoms with Crippen LogP contribution in [0.5, 0.6) is 0 Å². The van der Waals surface area contributed by atoms with Crippen molar-refractivity contribution in [2.75, 3.05) is 0 Å². The second-order valence-electron chi connectivity index (χ2n) is 8.68. The number of nitrogens with zero attached hydrogens (tertiary/aromatic N) is 1. The molecule has 1 unspecified atom stereocenters. The largest absolute Gasteiger partial charge is 0.393 e. The van der Waals surface area contributed by atoms with Crippen LogP contribution in [0.4, 0.5) is 0 Å². The highest BCUT2D eigenvalue weighted by molar-refractivity contribution is 5.87. The fourth-order valence-corrected chi connectivity index (χ4v) is 4.19. The second kappa shape index (κ2) is 11.0. The summed E-state index contributed by atoms with van der Waals surface area (Å²) in [5, 5.41) is 10.8. The van der Waals surface area contributed by atoms with Gasteiger partial charge in [0, 0.05) is 29.5 Å². The summed E-state index contributed by atoms with van der Waals surface area (Å²) in [5.41, 5.74) is 6.65. The van der Waals surface area contributed by atoms with E-state index in [1.165, 1.54) is 5.56 Å². The summed E-state index contributed by atoms with van der Waals surface area (Å²) in [6.45, 7) is 1.93. The van der Waals surface area contributed by atoms with Gasteiger partial charge in [0.1, 0.15) is 5.78 Å². The fourth-order valence-electron chi connectivity index (χ4n) is 4.19. The molecule has 0 bridgehead atoms. The lowest BCUT2D eigenvalue weighted by Gasteiger charge is -2.13. The molecule has 1 N–H and O–H groups in total. The Balaban J connectivity index is 1.61. The number of fused-ring (bicyclic) bond motifs is 1. The quantitative estimate of drug-likeness (QED) is 0.314. The Morgan fingerprint density at radius 3 is 2.33 bits per heavy atom. The SMILES string of the molecule is CCC(O)CCC(=O)Cc1ccc2nc(CCc3ccccc3)c(-c3ccccc3)cc2c1. The van der Waals surface area contributed by atoms with Gasteiger partial charge in [0.2, 0.25) is 0 Å². The van der Waals surface area contributed by atoms with Crippen LogP contribution in [0.3, 0.4) is 0 Å². The number of aryl methyl sites for hydroxylation is 2. The van der Waals surface area contributed by atoms with Crippen LogP contribution < -0.4 is 0 Å². The first-order valence-electron chi connectivity index (χ1n) is 11.8. The molecule has 0 spiro atoms. The minimum Gasteiger partial charge on any atom is -0.393 e. The van der Waals surface area contributed by atoms with Crippen molar-refractivity contribution in [2.24, 2.45) is 0 Å². The zero-order valence-corrected chi connectivity index (χ0v) is 19.2. The molecule has 3 nitrogen and oxygen atoms in total. The Bertz CT molecular complexity index is 1200. The van der Waals surface area contributed by atoms with E-state index in [1.54, 1.807) is 0 Å². The number of carbonyl (C=O) groups excluding carboxylic acids is 1. The third-order valence-corrected chi connectivity index (χ3v) is 6.17. The van der Waals surface area contributed by atoms with E-state index in [4.69, 9.17) is 4.98 Å². The number of carbonyl (C=O) groups is 1. The van der Waals surface area contributed by atoms with Crippen LogP contribution in [0, 0.1) is 0 Å². The molecule has 4 rings (SSSR count). The van der Waals surface area contributed by atoms with E-state index in [2.05, 4.69) is 60.7 Å². The van der Waals surface area contributed by atoms with Gasteiger partial charge in [-0.05, 0) is 60.6 Å². The van der Waals surface area contributed by atoms with Gasteiger partial charge in [-0.15, -0.1) is 0 Å². The van der Waals surface area contributed by atoms with E-state index in [-0.39, 0.29) is 5.78 Å². The average Bonchev–Trinajstić information content (AvgIpc) is 2.86. The van der Waals surface area contributed by atoms with E-state index >= 15 is 0 Å². The van der Waals surface area contributed by atoms with Gasteiger partial charge < -0.3 is 5.11 Å². The van der Waals surface area contributed by atoms with Crippen molar-refractivity contribution in [3.05, 3.63) is 102 Å². The summed E-state index contributed by atoms with van der Waals surface area (Å²) >= 11 is 0. The van der Waals surface area contributed by atoms with Crippen LogP contribution in [0.1, 0.15) is 43.0 Å². The van der Waals surface area contributed by atoms with Crippen LogP contribution in [0.25, 0.3) is 22.0 Å². The number of aliphatic hydroxyl groups is 1. The minimum atomic E-state index is -0.391. The van der Waals surface area contributed by atoms with Crippen molar-refractivity contribution in [3.63, 3.8) is 0 Å². The molecule has 0 amide bonds. The lowest BCUT2D eigenvalue weighted by atomic mass is 9.96. The maximum Gasteiger partial charge on any atom is 0.137 e. The molecule has 0 aliphatic carbocycles. The predicted octanol–water partition coefficient (Wildman–Crippen LogP) is 6.35. The predicted molar refractivity (Wildman–Crippen MR) is 135 cm³/mol. The Labute approximate surface area is 196 Å². The van der Waals surface area contributed by atoms with E-state index in [0.717, 1.165) is 46.1 Å². The molecule has 1 atom stereocenters. The molecule has 0 radical (unpaired) electrons. The third kappa shape index (κ3) is 6.15. The number of ketones is 1. The summed E-state index contributed by atoms with van der Waals surface area (Å²) in [6, 6.07) is 29.2. The lowest BCUT2D eigenvalue weighted by Crippen LogP contribution is -2.10. The van der Waals surface area contributed by atoms with E-state index in [9.17, 15) is 9.90 Å². The number of rotatable bonds is 10. The van der Waals surface area contributed by atoms with E-state index < -0.39 is 6.10 Å². The summed E-state index contributed by atoms with van der Waals surface area (Å²) < 4.78 is 0. The number of pyridine rings is 1. The third-order valence-electron chi connectivity index (χ3n) is 6.17.